The lowest BCUT2D eigenvalue weighted by molar-refractivity contribution is -0.165. The first-order chi connectivity index (χ1) is 25.4. The molecule has 0 spiro atoms. The van der Waals surface area contributed by atoms with Crippen LogP contribution in [0.5, 0.6) is 0 Å². The molecule has 1 aromatic heterocycles. The first-order valence-corrected chi connectivity index (χ1v) is 18.6. The molecule has 2 aromatic carbocycles. The van der Waals surface area contributed by atoms with Crippen molar-refractivity contribution in [1.82, 2.24) is 19.5 Å². The summed E-state index contributed by atoms with van der Waals surface area (Å²) >= 11 is -1.16. The first kappa shape index (κ1) is 39.0. The molecule has 0 saturated heterocycles. The molecular formula is C38H43N5O9S. The van der Waals surface area contributed by atoms with E-state index in [4.69, 9.17) is 19.2 Å². The number of aromatic nitrogens is 1. The van der Waals surface area contributed by atoms with E-state index < -0.39 is 35.0 Å². The van der Waals surface area contributed by atoms with Crippen LogP contribution in [-0.4, -0.2) is 94.1 Å². The second-order valence-corrected chi connectivity index (χ2v) is 14.2. The lowest BCUT2D eigenvalue weighted by Gasteiger charge is -2.35. The number of carbonyl (C=O) groups is 5. The van der Waals surface area contributed by atoms with E-state index in [2.05, 4.69) is 10.6 Å². The highest BCUT2D eigenvalue weighted by molar-refractivity contribution is 7.88. The number of hydrogen-bond acceptors (Lipinski definition) is 12. The number of para-hydroxylation sites is 1. The maximum absolute atomic E-state index is 13.6. The molecule has 2 aliphatic heterocycles. The molecule has 5 rings (SSSR count). The van der Waals surface area contributed by atoms with Crippen molar-refractivity contribution >= 4 is 64.4 Å². The molecule has 53 heavy (non-hydrogen) atoms. The third kappa shape index (κ3) is 8.53. The van der Waals surface area contributed by atoms with Gasteiger partial charge in [-0.15, -0.1) is 4.31 Å². The van der Waals surface area contributed by atoms with Gasteiger partial charge in [-0.1, -0.05) is 37.3 Å². The number of nitrogens with zero attached hydrogens (tertiary/aromatic N) is 3. The minimum atomic E-state index is -1.99. The average molecular weight is 746 g/mol. The van der Waals surface area contributed by atoms with Crippen molar-refractivity contribution in [3.63, 3.8) is 0 Å². The fourth-order valence-electron chi connectivity index (χ4n) is 6.57. The van der Waals surface area contributed by atoms with Crippen LogP contribution in [0.3, 0.4) is 0 Å². The monoisotopic (exact) mass is 745 g/mol. The van der Waals surface area contributed by atoms with Gasteiger partial charge in [0.15, 0.2) is 0 Å². The van der Waals surface area contributed by atoms with Crippen LogP contribution in [-0.2, 0) is 64.3 Å². The van der Waals surface area contributed by atoms with Crippen LogP contribution in [0.25, 0.3) is 16.6 Å². The fraction of sp³-hybridized carbons (Fsp3) is 0.368. The zero-order chi connectivity index (χ0) is 38.3. The summed E-state index contributed by atoms with van der Waals surface area (Å²) in [4.78, 5) is 68.5. The fourth-order valence-corrected chi connectivity index (χ4v) is 7.51. The number of cyclic esters (lactones) is 1. The number of pyridine rings is 1. The van der Waals surface area contributed by atoms with Crippen LogP contribution in [0, 0.1) is 0 Å². The Morgan fingerprint density at radius 2 is 1.91 bits per heavy atom. The molecule has 0 saturated carbocycles. The zero-order valence-corrected chi connectivity index (χ0v) is 31.1. The van der Waals surface area contributed by atoms with Crippen molar-refractivity contribution in [3.8, 4) is 0 Å². The van der Waals surface area contributed by atoms with Crippen molar-refractivity contribution in [3.05, 3.63) is 88.1 Å². The number of rotatable bonds is 15. The molecule has 0 radical (unpaired) electrons. The number of anilines is 1. The number of carbonyl (C=O) groups excluding carboxylic acids is 5. The van der Waals surface area contributed by atoms with Crippen molar-refractivity contribution in [1.29, 1.82) is 0 Å². The molecule has 3 aromatic rings. The maximum Gasteiger partial charge on any atom is 0.510 e. The maximum atomic E-state index is 13.6. The summed E-state index contributed by atoms with van der Waals surface area (Å²) in [7, 11) is 1.88. The minimum Gasteiger partial charge on any atom is -0.598 e. The Bertz CT molecular complexity index is 1940. The van der Waals surface area contributed by atoms with Crippen LogP contribution >= 0.6 is 0 Å². The van der Waals surface area contributed by atoms with Gasteiger partial charge in [-0.05, 0) is 62.1 Å². The Kier molecular flexibility index (Phi) is 12.5. The Labute approximate surface area is 310 Å². The van der Waals surface area contributed by atoms with Gasteiger partial charge in [0.1, 0.15) is 25.8 Å². The molecule has 280 valence electrons. The van der Waals surface area contributed by atoms with E-state index in [0.29, 0.717) is 54.8 Å². The van der Waals surface area contributed by atoms with E-state index in [0.717, 1.165) is 22.0 Å². The van der Waals surface area contributed by atoms with Crippen LogP contribution in [0.1, 0.15) is 49.6 Å². The second kappa shape index (κ2) is 17.1. The third-order valence-corrected chi connectivity index (χ3v) is 10.5. The van der Waals surface area contributed by atoms with Gasteiger partial charge in [0.25, 0.3) is 0 Å². The second-order valence-electron chi connectivity index (χ2n) is 12.9. The number of fused-ring (bicyclic) bond motifs is 2. The normalized spacial score (nSPS) is 18.2. The summed E-state index contributed by atoms with van der Waals surface area (Å²) in [5.74, 6) is -1.25. The van der Waals surface area contributed by atoms with Crippen molar-refractivity contribution in [2.45, 2.75) is 58.4 Å². The van der Waals surface area contributed by atoms with E-state index in [-0.39, 0.29) is 43.4 Å². The van der Waals surface area contributed by atoms with Crippen LogP contribution in [0.2, 0.25) is 0 Å². The molecule has 2 N–H and O–H groups in total. The Morgan fingerprint density at radius 3 is 2.57 bits per heavy atom. The summed E-state index contributed by atoms with van der Waals surface area (Å²) in [6.07, 6.45) is 3.77. The molecule has 0 aliphatic carbocycles. The molecule has 3 heterocycles. The summed E-state index contributed by atoms with van der Waals surface area (Å²) < 4.78 is 31.0. The van der Waals surface area contributed by atoms with E-state index in [1.807, 2.05) is 54.4 Å². The average Bonchev–Trinajstić information content (AvgIpc) is 3.45. The zero-order valence-electron chi connectivity index (χ0n) is 30.3. The Balaban J connectivity index is 1.44. The lowest BCUT2D eigenvalue weighted by atomic mass is 9.84. The third-order valence-electron chi connectivity index (χ3n) is 9.24. The molecular weight excluding hydrogens is 703 g/mol. The van der Waals surface area contributed by atoms with Crippen molar-refractivity contribution < 1.29 is 42.7 Å². The number of hydrogen-bond donors (Lipinski definition) is 2. The number of ether oxygens (including phenoxy) is 3. The van der Waals surface area contributed by atoms with E-state index in [1.54, 1.807) is 43.5 Å². The molecule has 15 heteroatoms. The number of nitrogens with one attached hydrogen (secondary N) is 2. The van der Waals surface area contributed by atoms with E-state index in [9.17, 15) is 28.5 Å². The molecule has 14 nitrogen and oxygen atoms in total. The largest absolute Gasteiger partial charge is 0.598 e. The molecule has 0 bridgehead atoms. The standard InChI is InChI=1S/C38H43N5O9S/c1-6-38(52-37(48)51-21-25-11-13-27(14-12-25)40-34(46)18-39-23-45)31(26(20-44)22-50-36(38)47)17-33-35-30(19-42(33)4)28(15-16-43(24(2)3)53(5)49)29-9-7-8-10-32(29)41-35/h7-14,17,20,23-24H,6,15-16,18-19,21-22H2,1-5H3,(H,39,45)(H,40,46)/b33-17-/t38-,53?/m0/s1. The molecule has 1 unspecified atom stereocenters. The van der Waals surface area contributed by atoms with Gasteiger partial charge in [-0.25, -0.2) is 14.6 Å². The number of benzene rings is 2. The predicted octanol–water partition coefficient (Wildman–Crippen LogP) is 3.81. The van der Waals surface area contributed by atoms with Gasteiger partial charge < -0.3 is 34.3 Å². The van der Waals surface area contributed by atoms with Gasteiger partial charge >= 0.3 is 12.1 Å². The summed E-state index contributed by atoms with van der Waals surface area (Å²) in [6.45, 7) is 6.01. The summed E-state index contributed by atoms with van der Waals surface area (Å²) in [5.41, 5.74) is 3.44. The highest BCUT2D eigenvalue weighted by Crippen LogP contribution is 2.41. The first-order valence-electron chi connectivity index (χ1n) is 17.1. The number of aldehydes is 1. The topological polar surface area (TPSA) is 180 Å². The quantitative estimate of drug-likeness (QED) is 0.131. The summed E-state index contributed by atoms with van der Waals surface area (Å²) in [5, 5.41) is 5.88. The Hall–Kier alpha value is -5.25. The number of amides is 2. The van der Waals surface area contributed by atoms with Gasteiger partial charge in [-0.3, -0.25) is 14.4 Å². The molecule has 2 atom stereocenters. The van der Waals surface area contributed by atoms with Crippen LogP contribution in [0.15, 0.2) is 65.8 Å². The van der Waals surface area contributed by atoms with Gasteiger partial charge in [0, 0.05) is 65.3 Å². The Morgan fingerprint density at radius 1 is 1.17 bits per heavy atom. The van der Waals surface area contributed by atoms with Gasteiger partial charge in [0.05, 0.1) is 23.5 Å². The van der Waals surface area contributed by atoms with Crippen molar-refractivity contribution in [2.24, 2.45) is 0 Å². The van der Waals surface area contributed by atoms with Crippen LogP contribution in [0.4, 0.5) is 10.5 Å². The highest BCUT2D eigenvalue weighted by atomic mass is 32.2. The van der Waals surface area contributed by atoms with Gasteiger partial charge in [-0.2, -0.15) is 0 Å². The smallest absolute Gasteiger partial charge is 0.510 e. The van der Waals surface area contributed by atoms with Gasteiger partial charge in [0.2, 0.25) is 17.9 Å². The summed E-state index contributed by atoms with van der Waals surface area (Å²) in [6, 6.07) is 14.3. The molecule has 2 amide bonds. The molecule has 0 fully saturated rings. The predicted molar refractivity (Wildman–Crippen MR) is 198 cm³/mol. The highest BCUT2D eigenvalue weighted by Gasteiger charge is 2.50. The minimum absolute atomic E-state index is 0.0586. The van der Waals surface area contributed by atoms with E-state index in [1.165, 1.54) is 0 Å². The van der Waals surface area contributed by atoms with E-state index >= 15 is 0 Å². The number of esters is 1. The SMILES string of the molecule is CC[C@@]1(OC(=O)OCc2ccc(NC(=O)CNC=O)cc2)C(=O)OCC(C=O)=C1/C=C1/c2nc3ccccc3c(CCN(C(C)C)[S+](C)[O-])c2CN1C. The lowest BCUT2D eigenvalue weighted by Crippen LogP contribution is -2.49. The molecule has 2 aliphatic rings. The van der Waals surface area contributed by atoms with Crippen molar-refractivity contribution in [2.75, 3.05) is 38.3 Å². The van der Waals surface area contributed by atoms with Crippen LogP contribution < -0.4 is 10.6 Å².